The molecule has 0 spiro atoms. The number of hydrogen-bond donors (Lipinski definition) is 2. The van der Waals surface area contributed by atoms with E-state index < -0.39 is 5.69 Å². The SMILES string of the molecule is Cn1c(=O)c2c(nc(NCCNC(=O)C3CC3)n2Cc2ccccc2)n(C)c1=O. The van der Waals surface area contributed by atoms with Crippen LogP contribution in [0.3, 0.4) is 0 Å². The number of nitrogens with one attached hydrogen (secondary N) is 2. The number of amides is 1. The predicted octanol–water partition coefficient (Wildman–Crippen LogP) is 0.420. The van der Waals surface area contributed by atoms with Gasteiger partial charge in [-0.2, -0.15) is 4.98 Å². The molecular formula is C20H24N6O3. The van der Waals surface area contributed by atoms with Gasteiger partial charge in [0.15, 0.2) is 11.2 Å². The van der Waals surface area contributed by atoms with E-state index in [1.165, 1.54) is 11.6 Å². The van der Waals surface area contributed by atoms with E-state index in [0.717, 1.165) is 23.0 Å². The number of aromatic nitrogens is 4. The van der Waals surface area contributed by atoms with Crippen molar-refractivity contribution in [2.45, 2.75) is 19.4 Å². The highest BCUT2D eigenvalue weighted by molar-refractivity contribution is 5.80. The minimum absolute atomic E-state index is 0.0841. The largest absolute Gasteiger partial charge is 0.354 e. The number of rotatable bonds is 7. The molecule has 1 aliphatic carbocycles. The Morgan fingerprint density at radius 2 is 1.83 bits per heavy atom. The molecule has 0 unspecified atom stereocenters. The molecule has 152 valence electrons. The Hall–Kier alpha value is -3.36. The molecule has 2 heterocycles. The maximum Gasteiger partial charge on any atom is 0.332 e. The number of carbonyl (C=O) groups is 1. The number of benzene rings is 1. The molecule has 4 rings (SSSR count). The molecule has 0 bridgehead atoms. The van der Waals surface area contributed by atoms with Gasteiger partial charge in [0.1, 0.15) is 0 Å². The fraction of sp³-hybridized carbons (Fsp3) is 0.400. The Balaban J connectivity index is 1.67. The molecule has 1 aliphatic rings. The summed E-state index contributed by atoms with van der Waals surface area (Å²) >= 11 is 0. The number of nitrogens with zero attached hydrogens (tertiary/aromatic N) is 4. The van der Waals surface area contributed by atoms with Crippen LogP contribution in [0.5, 0.6) is 0 Å². The Morgan fingerprint density at radius 1 is 1.10 bits per heavy atom. The summed E-state index contributed by atoms with van der Waals surface area (Å²) in [6.07, 6.45) is 1.92. The molecule has 2 aromatic heterocycles. The fourth-order valence-corrected chi connectivity index (χ4v) is 3.35. The van der Waals surface area contributed by atoms with Crippen molar-refractivity contribution in [2.24, 2.45) is 20.0 Å². The summed E-state index contributed by atoms with van der Waals surface area (Å²) in [5.74, 6) is 0.735. The molecule has 2 N–H and O–H groups in total. The van der Waals surface area contributed by atoms with Crippen LogP contribution in [0.25, 0.3) is 11.2 Å². The van der Waals surface area contributed by atoms with E-state index in [1.54, 1.807) is 11.6 Å². The standard InChI is InChI=1S/C20H24N6O3/c1-24-16-15(18(28)25(2)20(24)29)26(12-13-6-4-3-5-7-13)19(23-16)22-11-10-21-17(27)14-8-9-14/h3-7,14H,8-12H2,1-2H3,(H,21,27)(H,22,23). The second-order valence-corrected chi connectivity index (χ2v) is 7.38. The average molecular weight is 396 g/mol. The summed E-state index contributed by atoms with van der Waals surface area (Å²) in [6, 6.07) is 9.74. The van der Waals surface area contributed by atoms with Crippen molar-refractivity contribution in [2.75, 3.05) is 18.4 Å². The lowest BCUT2D eigenvalue weighted by atomic mass is 10.2. The Labute approximate surface area is 167 Å². The van der Waals surface area contributed by atoms with Gasteiger partial charge in [0.25, 0.3) is 5.56 Å². The first kappa shape index (κ1) is 19.0. The van der Waals surface area contributed by atoms with Crippen molar-refractivity contribution < 1.29 is 4.79 Å². The molecule has 9 nitrogen and oxygen atoms in total. The smallest absolute Gasteiger partial charge is 0.332 e. The van der Waals surface area contributed by atoms with Crippen LogP contribution in [0.1, 0.15) is 18.4 Å². The fourth-order valence-electron chi connectivity index (χ4n) is 3.35. The van der Waals surface area contributed by atoms with Crippen molar-refractivity contribution in [3.05, 3.63) is 56.7 Å². The van der Waals surface area contributed by atoms with Crippen molar-refractivity contribution in [1.82, 2.24) is 24.0 Å². The van der Waals surface area contributed by atoms with Crippen molar-refractivity contribution >= 4 is 23.0 Å². The van der Waals surface area contributed by atoms with Crippen LogP contribution in [-0.2, 0) is 25.4 Å². The van der Waals surface area contributed by atoms with Crippen molar-refractivity contribution in [1.29, 1.82) is 0 Å². The van der Waals surface area contributed by atoms with E-state index in [2.05, 4.69) is 15.6 Å². The maximum atomic E-state index is 12.8. The maximum absolute atomic E-state index is 12.8. The lowest BCUT2D eigenvalue weighted by Crippen LogP contribution is -2.37. The van der Waals surface area contributed by atoms with Gasteiger partial charge in [-0.25, -0.2) is 4.79 Å². The highest BCUT2D eigenvalue weighted by Gasteiger charge is 2.29. The van der Waals surface area contributed by atoms with Crippen LogP contribution in [0.2, 0.25) is 0 Å². The zero-order valence-corrected chi connectivity index (χ0v) is 16.5. The molecule has 0 aliphatic heterocycles. The zero-order chi connectivity index (χ0) is 20.5. The lowest BCUT2D eigenvalue weighted by molar-refractivity contribution is -0.122. The van der Waals surface area contributed by atoms with Crippen molar-refractivity contribution in [3.63, 3.8) is 0 Å². The van der Waals surface area contributed by atoms with Crippen molar-refractivity contribution in [3.8, 4) is 0 Å². The molecular weight excluding hydrogens is 372 g/mol. The van der Waals surface area contributed by atoms with Gasteiger partial charge in [-0.15, -0.1) is 0 Å². The zero-order valence-electron chi connectivity index (χ0n) is 16.5. The third-order valence-electron chi connectivity index (χ3n) is 5.19. The van der Waals surface area contributed by atoms with E-state index in [9.17, 15) is 14.4 Å². The van der Waals surface area contributed by atoms with Crippen LogP contribution in [0.4, 0.5) is 5.95 Å². The minimum Gasteiger partial charge on any atom is -0.354 e. The first-order valence-corrected chi connectivity index (χ1v) is 9.69. The average Bonchev–Trinajstić information content (AvgIpc) is 3.52. The third kappa shape index (κ3) is 3.67. The second kappa shape index (κ2) is 7.57. The van der Waals surface area contributed by atoms with Crippen LogP contribution >= 0.6 is 0 Å². The normalized spacial score (nSPS) is 13.6. The lowest BCUT2D eigenvalue weighted by Gasteiger charge is -2.11. The summed E-state index contributed by atoms with van der Waals surface area (Å²) in [5, 5.41) is 6.10. The molecule has 0 saturated heterocycles. The number of imidazole rings is 1. The summed E-state index contributed by atoms with van der Waals surface area (Å²) < 4.78 is 4.25. The summed E-state index contributed by atoms with van der Waals surface area (Å²) in [5.41, 5.74) is 0.894. The Kier molecular flexibility index (Phi) is 4.96. The van der Waals surface area contributed by atoms with Gasteiger partial charge < -0.3 is 10.6 Å². The molecule has 1 aromatic carbocycles. The van der Waals surface area contributed by atoms with E-state index in [4.69, 9.17) is 0 Å². The first-order valence-electron chi connectivity index (χ1n) is 9.69. The minimum atomic E-state index is -0.421. The molecule has 1 saturated carbocycles. The molecule has 29 heavy (non-hydrogen) atoms. The quantitative estimate of drug-likeness (QED) is 0.564. The summed E-state index contributed by atoms with van der Waals surface area (Å²) in [7, 11) is 3.06. The van der Waals surface area contributed by atoms with Gasteiger partial charge in [0.2, 0.25) is 11.9 Å². The van der Waals surface area contributed by atoms with Gasteiger partial charge in [0, 0.05) is 33.1 Å². The van der Waals surface area contributed by atoms with Gasteiger partial charge in [-0.3, -0.25) is 23.3 Å². The number of hydrogen-bond acceptors (Lipinski definition) is 5. The topological polar surface area (TPSA) is 103 Å². The second-order valence-electron chi connectivity index (χ2n) is 7.38. The summed E-state index contributed by atoms with van der Waals surface area (Å²) in [4.78, 5) is 41.4. The van der Waals surface area contributed by atoms with Crippen LogP contribution < -0.4 is 21.9 Å². The highest BCUT2D eigenvalue weighted by Crippen LogP contribution is 2.28. The molecule has 3 aromatic rings. The number of aryl methyl sites for hydroxylation is 1. The highest BCUT2D eigenvalue weighted by atomic mass is 16.2. The van der Waals surface area contributed by atoms with Gasteiger partial charge in [0.05, 0.1) is 6.54 Å². The number of fused-ring (bicyclic) bond motifs is 1. The van der Waals surface area contributed by atoms with Crippen LogP contribution in [0, 0.1) is 5.92 Å². The van der Waals surface area contributed by atoms with E-state index in [0.29, 0.717) is 36.7 Å². The Morgan fingerprint density at radius 3 is 2.52 bits per heavy atom. The molecule has 1 amide bonds. The van der Waals surface area contributed by atoms with Crippen LogP contribution in [-0.4, -0.2) is 37.7 Å². The third-order valence-corrected chi connectivity index (χ3v) is 5.19. The molecule has 1 fully saturated rings. The van der Waals surface area contributed by atoms with E-state index >= 15 is 0 Å². The van der Waals surface area contributed by atoms with E-state index in [-0.39, 0.29) is 17.4 Å². The van der Waals surface area contributed by atoms with Gasteiger partial charge in [-0.1, -0.05) is 30.3 Å². The predicted molar refractivity (Wildman–Crippen MR) is 110 cm³/mol. The van der Waals surface area contributed by atoms with Gasteiger partial charge >= 0.3 is 5.69 Å². The van der Waals surface area contributed by atoms with Gasteiger partial charge in [-0.05, 0) is 18.4 Å². The molecule has 0 atom stereocenters. The first-order chi connectivity index (χ1) is 14.0. The van der Waals surface area contributed by atoms with Crippen LogP contribution in [0.15, 0.2) is 39.9 Å². The Bertz CT molecular complexity index is 1170. The van der Waals surface area contributed by atoms with E-state index in [1.807, 2.05) is 30.3 Å². The summed E-state index contributed by atoms with van der Waals surface area (Å²) in [6.45, 7) is 1.35. The monoisotopic (exact) mass is 396 g/mol. The number of carbonyl (C=O) groups excluding carboxylic acids is 1. The molecule has 9 heteroatoms. The number of anilines is 1. The molecule has 0 radical (unpaired) electrons.